The zero-order valence-electron chi connectivity index (χ0n) is 10.0. The first kappa shape index (κ1) is 12.3. The summed E-state index contributed by atoms with van der Waals surface area (Å²) in [5, 5.41) is 19.9. The van der Waals surface area contributed by atoms with Gasteiger partial charge in [0.1, 0.15) is 17.7 Å². The minimum Gasteiger partial charge on any atom is -0.282 e. The molecule has 0 fully saturated rings. The fraction of sp³-hybridized carbons (Fsp3) is 0.0769. The van der Waals surface area contributed by atoms with Crippen molar-refractivity contribution in [3.8, 4) is 17.8 Å². The molecule has 0 spiro atoms. The number of H-pyrrole nitrogens is 1. The first-order valence-electron chi connectivity index (χ1n) is 5.38. The molecular formula is C13H9N4O2+. The number of nitrogens with zero attached hydrogens (tertiary/aromatic N) is 3. The van der Waals surface area contributed by atoms with Crippen LogP contribution in [0.5, 0.6) is 0 Å². The summed E-state index contributed by atoms with van der Waals surface area (Å²) in [6, 6.07) is 10.7. The van der Waals surface area contributed by atoms with E-state index in [-0.39, 0.29) is 11.3 Å². The predicted octanol–water partition coefficient (Wildman–Crippen LogP) is 0.984. The molecule has 1 N–H and O–H groups in total. The molecule has 1 aromatic carbocycles. The fourth-order valence-electron chi connectivity index (χ4n) is 1.52. The van der Waals surface area contributed by atoms with Crippen molar-refractivity contribution in [2.24, 2.45) is 0 Å². The molecule has 2 rings (SSSR count). The maximum Gasteiger partial charge on any atom is 0.435 e. The summed E-state index contributed by atoms with van der Waals surface area (Å²) < 4.78 is 6.06. The third-order valence-corrected chi connectivity index (χ3v) is 2.49. The van der Waals surface area contributed by atoms with E-state index in [0.717, 1.165) is 5.56 Å². The molecule has 19 heavy (non-hydrogen) atoms. The minimum absolute atomic E-state index is 0.0851. The largest absolute Gasteiger partial charge is 0.435 e. The number of rotatable bonds is 2. The fourth-order valence-corrected chi connectivity index (χ4v) is 1.52. The molecule has 0 bridgehead atoms. The molecule has 0 aliphatic heterocycles. The second-order valence-electron chi connectivity index (χ2n) is 3.82. The summed E-state index contributed by atoms with van der Waals surface area (Å²) in [6.45, 7) is 1.94. The van der Waals surface area contributed by atoms with Crippen LogP contribution in [0.4, 0.5) is 0 Å². The lowest BCUT2D eigenvalue weighted by molar-refractivity contribution is -0.672. The van der Waals surface area contributed by atoms with E-state index in [2.05, 4.69) is 9.79 Å². The molecule has 6 heteroatoms. The van der Waals surface area contributed by atoms with Crippen LogP contribution >= 0.6 is 0 Å². The summed E-state index contributed by atoms with van der Waals surface area (Å²) in [4.78, 5) is 11.6. The Morgan fingerprint density at radius 3 is 2.53 bits per heavy atom. The summed E-state index contributed by atoms with van der Waals surface area (Å²) >= 11 is 0. The van der Waals surface area contributed by atoms with Crippen LogP contribution in [-0.4, -0.2) is 5.27 Å². The van der Waals surface area contributed by atoms with Crippen molar-refractivity contribution in [1.29, 1.82) is 10.5 Å². The Labute approximate surface area is 108 Å². The van der Waals surface area contributed by atoms with E-state index in [4.69, 9.17) is 10.5 Å². The monoisotopic (exact) mass is 253 g/mol. The van der Waals surface area contributed by atoms with Crippen LogP contribution in [0.2, 0.25) is 0 Å². The molecule has 0 saturated heterocycles. The van der Waals surface area contributed by atoms with Crippen LogP contribution in [-0.2, 0) is 0 Å². The molecule has 0 aliphatic rings. The highest BCUT2D eigenvalue weighted by molar-refractivity contribution is 5.57. The van der Waals surface area contributed by atoms with Crippen LogP contribution in [0, 0.1) is 29.6 Å². The van der Waals surface area contributed by atoms with E-state index in [0.29, 0.717) is 5.69 Å². The van der Waals surface area contributed by atoms with Gasteiger partial charge in [-0.25, -0.2) is 4.79 Å². The van der Waals surface area contributed by atoms with Gasteiger partial charge in [0.2, 0.25) is 5.69 Å². The molecule has 0 unspecified atom stereocenters. The van der Waals surface area contributed by atoms with E-state index in [1.807, 2.05) is 19.1 Å². The zero-order chi connectivity index (χ0) is 13.8. The Bertz CT molecular complexity index is 751. The minimum atomic E-state index is -0.649. The van der Waals surface area contributed by atoms with Gasteiger partial charge in [0.05, 0.1) is 0 Å². The average Bonchev–Trinajstić information content (AvgIpc) is 2.78. The molecule has 1 heterocycles. The van der Waals surface area contributed by atoms with Crippen LogP contribution in [0.25, 0.3) is 11.8 Å². The van der Waals surface area contributed by atoms with Gasteiger partial charge in [-0.05, 0) is 16.9 Å². The number of nitrogens with one attached hydrogen (secondary N) is 1. The van der Waals surface area contributed by atoms with Crippen LogP contribution in [0.15, 0.2) is 39.2 Å². The quantitative estimate of drug-likeness (QED) is 0.637. The number of allylic oxidation sites excluding steroid dienone is 1. The number of nitriles is 2. The lowest BCUT2D eigenvalue weighted by Crippen LogP contribution is -2.36. The number of benzene rings is 1. The Balaban J connectivity index is 2.59. The Morgan fingerprint density at radius 1 is 1.32 bits per heavy atom. The van der Waals surface area contributed by atoms with Crippen molar-refractivity contribution in [1.82, 2.24) is 5.27 Å². The SMILES string of the molecule is Cc1ccc(-[n+]2[nH]oc(=O)c2C=C(C#N)C#N)cc1. The van der Waals surface area contributed by atoms with Gasteiger partial charge >= 0.3 is 11.3 Å². The molecule has 6 nitrogen and oxygen atoms in total. The highest BCUT2D eigenvalue weighted by atomic mass is 16.5. The number of hydrogen-bond acceptors (Lipinski definition) is 4. The Kier molecular flexibility index (Phi) is 3.26. The van der Waals surface area contributed by atoms with Gasteiger partial charge in [-0.1, -0.05) is 17.7 Å². The van der Waals surface area contributed by atoms with E-state index < -0.39 is 5.63 Å². The van der Waals surface area contributed by atoms with E-state index >= 15 is 0 Å². The average molecular weight is 253 g/mol. The maximum atomic E-state index is 11.6. The summed E-state index contributed by atoms with van der Waals surface area (Å²) in [5.41, 5.74) is 0.998. The normalized spacial score (nSPS) is 9.42. The van der Waals surface area contributed by atoms with Crippen molar-refractivity contribution in [3.63, 3.8) is 0 Å². The number of aromatic nitrogens is 2. The molecular weight excluding hydrogens is 244 g/mol. The van der Waals surface area contributed by atoms with Gasteiger partial charge in [-0.2, -0.15) is 10.5 Å². The first-order valence-corrected chi connectivity index (χ1v) is 5.38. The molecule has 2 aromatic rings. The molecule has 0 radical (unpaired) electrons. The van der Waals surface area contributed by atoms with Crippen molar-refractivity contribution >= 4 is 6.08 Å². The van der Waals surface area contributed by atoms with Gasteiger partial charge < -0.3 is 0 Å². The van der Waals surface area contributed by atoms with Crippen LogP contribution < -0.4 is 10.3 Å². The summed E-state index contributed by atoms with van der Waals surface area (Å²) in [5.74, 6) is 0. The van der Waals surface area contributed by atoms with Crippen LogP contribution in [0.3, 0.4) is 0 Å². The molecule has 1 aromatic heterocycles. The maximum absolute atomic E-state index is 11.6. The Hall–Kier alpha value is -3.12. The molecule has 0 saturated carbocycles. The van der Waals surface area contributed by atoms with E-state index in [9.17, 15) is 4.79 Å². The number of aryl methyl sites for hydroxylation is 1. The van der Waals surface area contributed by atoms with Gasteiger partial charge in [0, 0.05) is 18.2 Å². The van der Waals surface area contributed by atoms with Gasteiger partial charge in [-0.15, -0.1) is 0 Å². The van der Waals surface area contributed by atoms with Gasteiger partial charge in [-0.3, -0.25) is 4.52 Å². The predicted molar refractivity (Wildman–Crippen MR) is 64.8 cm³/mol. The first-order chi connectivity index (χ1) is 9.15. The van der Waals surface area contributed by atoms with Crippen molar-refractivity contribution in [2.45, 2.75) is 6.92 Å². The van der Waals surface area contributed by atoms with E-state index in [1.54, 1.807) is 24.3 Å². The second kappa shape index (κ2) is 5.03. The van der Waals surface area contributed by atoms with Crippen molar-refractivity contribution in [2.75, 3.05) is 0 Å². The van der Waals surface area contributed by atoms with Crippen molar-refractivity contribution < 1.29 is 9.20 Å². The summed E-state index contributed by atoms with van der Waals surface area (Å²) in [6.07, 6.45) is 1.18. The van der Waals surface area contributed by atoms with Crippen molar-refractivity contribution in [3.05, 3.63) is 51.5 Å². The topological polar surface area (TPSA) is 97.5 Å². The highest BCUT2D eigenvalue weighted by Crippen LogP contribution is 2.04. The third kappa shape index (κ3) is 2.43. The molecule has 0 aliphatic carbocycles. The van der Waals surface area contributed by atoms with E-state index in [1.165, 1.54) is 10.8 Å². The number of hydrogen-bond donors (Lipinski definition) is 1. The Morgan fingerprint density at radius 2 is 1.95 bits per heavy atom. The molecule has 92 valence electrons. The second-order valence-corrected chi connectivity index (χ2v) is 3.82. The smallest absolute Gasteiger partial charge is 0.282 e. The lowest BCUT2D eigenvalue weighted by atomic mass is 10.2. The lowest BCUT2D eigenvalue weighted by Gasteiger charge is -1.92. The summed E-state index contributed by atoms with van der Waals surface area (Å²) in [7, 11) is 0. The third-order valence-electron chi connectivity index (χ3n) is 2.49. The molecule has 0 atom stereocenters. The van der Waals surface area contributed by atoms with Gasteiger partial charge in [0.15, 0.2) is 0 Å². The van der Waals surface area contributed by atoms with Gasteiger partial charge in [0.25, 0.3) is 0 Å². The van der Waals surface area contributed by atoms with Crippen LogP contribution in [0.1, 0.15) is 11.3 Å². The highest BCUT2D eigenvalue weighted by Gasteiger charge is 2.21. The zero-order valence-corrected chi connectivity index (χ0v) is 10.0. The number of aromatic amines is 1. The standard InChI is InChI=1S/C13H8N4O2/c1-9-2-4-11(5-3-9)17-12(13(18)19-16-17)6-10(7-14)8-15/h2-6H,1H3/p+1. The molecule has 0 amide bonds.